The highest BCUT2D eigenvalue weighted by Gasteiger charge is 2.04. The van der Waals surface area contributed by atoms with Crippen molar-refractivity contribution in [2.24, 2.45) is 0 Å². The first-order valence-electron chi connectivity index (χ1n) is 5.84. The third-order valence-corrected chi connectivity index (χ3v) is 3.97. The first-order valence-corrected chi connectivity index (χ1v) is 7.30. The zero-order chi connectivity index (χ0) is 13.2. The van der Waals surface area contributed by atoms with Gasteiger partial charge in [-0.05, 0) is 57.6 Å². The second-order valence-electron chi connectivity index (χ2n) is 4.19. The third kappa shape index (κ3) is 2.85. The molecule has 0 amide bonds. The van der Waals surface area contributed by atoms with Crippen molar-refractivity contribution < 1.29 is 4.74 Å². The van der Waals surface area contributed by atoms with Crippen LogP contribution in [-0.2, 0) is 0 Å². The number of fused-ring (bicyclic) bond motifs is 1. The van der Waals surface area contributed by atoms with Gasteiger partial charge in [0.2, 0.25) is 0 Å². The van der Waals surface area contributed by atoms with E-state index in [2.05, 4.69) is 40.8 Å². The van der Waals surface area contributed by atoms with Crippen molar-refractivity contribution >= 4 is 45.0 Å². The molecule has 0 saturated carbocycles. The summed E-state index contributed by atoms with van der Waals surface area (Å²) in [6, 6.07) is 19.9. The van der Waals surface area contributed by atoms with Gasteiger partial charge in [0.15, 0.2) is 0 Å². The van der Waals surface area contributed by atoms with Crippen molar-refractivity contribution in [3.05, 3.63) is 69.3 Å². The number of rotatable bonds is 2. The van der Waals surface area contributed by atoms with Gasteiger partial charge < -0.3 is 4.74 Å². The van der Waals surface area contributed by atoms with E-state index in [-0.39, 0.29) is 0 Å². The molecule has 0 bridgehead atoms. The van der Waals surface area contributed by atoms with Crippen molar-refractivity contribution in [2.75, 3.05) is 0 Å². The van der Waals surface area contributed by atoms with E-state index in [1.54, 1.807) is 0 Å². The molecule has 0 aliphatic rings. The molecular weight excluding hydrogens is 371 g/mol. The van der Waals surface area contributed by atoms with Gasteiger partial charge in [0, 0.05) is 11.1 Å². The molecule has 0 aromatic heterocycles. The summed E-state index contributed by atoms with van der Waals surface area (Å²) >= 11 is 8.23. The quantitative estimate of drug-likeness (QED) is 0.504. The van der Waals surface area contributed by atoms with Gasteiger partial charge in [0.1, 0.15) is 11.5 Å². The Morgan fingerprint density at radius 1 is 0.842 bits per heavy atom. The minimum atomic E-state index is 0.677. The maximum atomic E-state index is 5.99. The van der Waals surface area contributed by atoms with Gasteiger partial charge in [0.25, 0.3) is 0 Å². The molecule has 3 heteroatoms. The summed E-state index contributed by atoms with van der Waals surface area (Å²) in [6.45, 7) is 0. The highest BCUT2D eigenvalue weighted by molar-refractivity contribution is 14.1. The number of benzene rings is 3. The van der Waals surface area contributed by atoms with Crippen LogP contribution in [0, 0.1) is 3.57 Å². The monoisotopic (exact) mass is 380 g/mol. The molecule has 94 valence electrons. The van der Waals surface area contributed by atoms with Gasteiger partial charge in [-0.3, -0.25) is 0 Å². The largest absolute Gasteiger partial charge is 0.456 e. The smallest absolute Gasteiger partial charge is 0.142 e. The second-order valence-corrected chi connectivity index (χ2v) is 5.78. The Morgan fingerprint density at radius 2 is 1.63 bits per heavy atom. The zero-order valence-electron chi connectivity index (χ0n) is 9.94. The van der Waals surface area contributed by atoms with Gasteiger partial charge in [-0.15, -0.1) is 0 Å². The fourth-order valence-corrected chi connectivity index (χ4v) is 2.52. The molecule has 0 spiro atoms. The lowest BCUT2D eigenvalue weighted by molar-refractivity contribution is 0.480. The summed E-state index contributed by atoms with van der Waals surface area (Å²) in [7, 11) is 0. The number of hydrogen-bond acceptors (Lipinski definition) is 1. The Kier molecular flexibility index (Phi) is 3.62. The summed E-state index contributed by atoms with van der Waals surface area (Å²) in [5.41, 5.74) is 0. The van der Waals surface area contributed by atoms with Crippen molar-refractivity contribution in [3.8, 4) is 11.5 Å². The van der Waals surface area contributed by atoms with Crippen LogP contribution in [-0.4, -0.2) is 0 Å². The standard InChI is InChI=1S/C16H10ClIO/c17-13-6-8-15(18)16(10-13)19-14-7-5-11-3-1-2-4-12(11)9-14/h1-10H. The molecule has 0 aliphatic carbocycles. The second kappa shape index (κ2) is 5.39. The maximum absolute atomic E-state index is 5.99. The Labute approximate surface area is 130 Å². The summed E-state index contributed by atoms with van der Waals surface area (Å²) in [5.74, 6) is 1.60. The predicted octanol–water partition coefficient (Wildman–Crippen LogP) is 5.89. The predicted molar refractivity (Wildman–Crippen MR) is 88.2 cm³/mol. The summed E-state index contributed by atoms with van der Waals surface area (Å²) in [6.07, 6.45) is 0. The Balaban J connectivity index is 1.98. The van der Waals surface area contributed by atoms with Crippen LogP contribution in [0.1, 0.15) is 0 Å². The van der Waals surface area contributed by atoms with Crippen LogP contribution >= 0.6 is 34.2 Å². The summed E-state index contributed by atoms with van der Waals surface area (Å²) in [4.78, 5) is 0. The number of ether oxygens (including phenoxy) is 1. The molecule has 3 aromatic carbocycles. The molecule has 0 aliphatic heterocycles. The van der Waals surface area contributed by atoms with E-state index in [1.165, 1.54) is 5.39 Å². The first-order chi connectivity index (χ1) is 9.22. The van der Waals surface area contributed by atoms with Gasteiger partial charge in [-0.2, -0.15) is 0 Å². The maximum Gasteiger partial charge on any atom is 0.142 e. The lowest BCUT2D eigenvalue weighted by atomic mass is 10.1. The molecule has 0 N–H and O–H groups in total. The first kappa shape index (κ1) is 12.8. The van der Waals surface area contributed by atoms with Crippen LogP contribution in [0.5, 0.6) is 11.5 Å². The SMILES string of the molecule is Clc1ccc(I)c(Oc2ccc3ccccc3c2)c1. The van der Waals surface area contributed by atoms with E-state index in [0.717, 1.165) is 20.5 Å². The summed E-state index contributed by atoms with van der Waals surface area (Å²) in [5, 5.41) is 3.05. The van der Waals surface area contributed by atoms with Crippen molar-refractivity contribution in [1.82, 2.24) is 0 Å². The van der Waals surface area contributed by atoms with Crippen molar-refractivity contribution in [1.29, 1.82) is 0 Å². The minimum absolute atomic E-state index is 0.677. The van der Waals surface area contributed by atoms with E-state index in [9.17, 15) is 0 Å². The zero-order valence-corrected chi connectivity index (χ0v) is 12.9. The normalized spacial score (nSPS) is 10.6. The molecule has 0 unspecified atom stereocenters. The van der Waals surface area contributed by atoms with E-state index in [0.29, 0.717) is 5.02 Å². The molecule has 19 heavy (non-hydrogen) atoms. The molecule has 3 rings (SSSR count). The Morgan fingerprint density at radius 3 is 2.47 bits per heavy atom. The van der Waals surface area contributed by atoms with Crippen molar-refractivity contribution in [3.63, 3.8) is 0 Å². The molecule has 0 heterocycles. The van der Waals surface area contributed by atoms with Crippen LogP contribution in [0.4, 0.5) is 0 Å². The number of halogens is 2. The lowest BCUT2D eigenvalue weighted by Crippen LogP contribution is -1.87. The molecule has 0 fully saturated rings. The van der Waals surface area contributed by atoms with Crippen LogP contribution < -0.4 is 4.74 Å². The summed E-state index contributed by atoms with van der Waals surface area (Å²) < 4.78 is 6.94. The van der Waals surface area contributed by atoms with Gasteiger partial charge in [-0.25, -0.2) is 0 Å². The van der Waals surface area contributed by atoms with Crippen LogP contribution in [0.15, 0.2) is 60.7 Å². The third-order valence-electron chi connectivity index (χ3n) is 2.84. The Hall–Kier alpha value is -1.26. The van der Waals surface area contributed by atoms with Gasteiger partial charge in [0.05, 0.1) is 3.57 Å². The average Bonchev–Trinajstić information content (AvgIpc) is 2.43. The molecular formula is C16H10ClIO. The molecule has 0 atom stereocenters. The highest BCUT2D eigenvalue weighted by atomic mass is 127. The molecule has 0 saturated heterocycles. The van der Waals surface area contributed by atoms with Crippen LogP contribution in [0.25, 0.3) is 10.8 Å². The van der Waals surface area contributed by atoms with Gasteiger partial charge >= 0.3 is 0 Å². The van der Waals surface area contributed by atoms with E-state index in [1.807, 2.05) is 42.5 Å². The van der Waals surface area contributed by atoms with Crippen molar-refractivity contribution in [2.45, 2.75) is 0 Å². The van der Waals surface area contributed by atoms with E-state index in [4.69, 9.17) is 16.3 Å². The fraction of sp³-hybridized carbons (Fsp3) is 0. The van der Waals surface area contributed by atoms with Gasteiger partial charge in [-0.1, -0.05) is 41.9 Å². The van der Waals surface area contributed by atoms with E-state index < -0.39 is 0 Å². The van der Waals surface area contributed by atoms with E-state index >= 15 is 0 Å². The van der Waals surface area contributed by atoms with Crippen LogP contribution in [0.2, 0.25) is 5.02 Å². The fourth-order valence-electron chi connectivity index (χ4n) is 1.91. The van der Waals surface area contributed by atoms with Crippen LogP contribution in [0.3, 0.4) is 0 Å². The highest BCUT2D eigenvalue weighted by Crippen LogP contribution is 2.31. The molecule has 0 radical (unpaired) electrons. The lowest BCUT2D eigenvalue weighted by Gasteiger charge is -2.09. The average molecular weight is 381 g/mol. The molecule has 3 aromatic rings. The number of hydrogen-bond donors (Lipinski definition) is 0. The molecule has 1 nitrogen and oxygen atoms in total. The topological polar surface area (TPSA) is 9.23 Å². The minimum Gasteiger partial charge on any atom is -0.456 e. The Bertz CT molecular complexity index is 740.